The molecule has 1 atom stereocenters. The molecule has 1 rings (SSSR count). The van der Waals surface area contributed by atoms with E-state index in [0.29, 0.717) is 12.6 Å². The number of hydrogen-bond acceptors (Lipinski definition) is 3. The van der Waals surface area contributed by atoms with Crippen LogP contribution < -0.4 is 10.1 Å². The van der Waals surface area contributed by atoms with Crippen LogP contribution in [0.1, 0.15) is 52.1 Å². The average molecular weight is 250 g/mol. The second-order valence-corrected chi connectivity index (χ2v) is 4.97. The first-order valence-electron chi connectivity index (χ1n) is 6.98. The highest BCUT2D eigenvalue weighted by atomic mass is 16.5. The molecule has 0 spiro atoms. The fourth-order valence-corrected chi connectivity index (χ4v) is 2.00. The summed E-state index contributed by atoms with van der Waals surface area (Å²) in [7, 11) is 0. The summed E-state index contributed by atoms with van der Waals surface area (Å²) in [6.45, 7) is 10.3. The Morgan fingerprint density at radius 2 is 2.00 bits per heavy atom. The van der Waals surface area contributed by atoms with E-state index in [-0.39, 0.29) is 0 Å². The van der Waals surface area contributed by atoms with Gasteiger partial charge in [-0.3, -0.25) is 4.98 Å². The fraction of sp³-hybridized carbons (Fsp3) is 0.667. The predicted molar refractivity (Wildman–Crippen MR) is 75.9 cm³/mol. The zero-order valence-corrected chi connectivity index (χ0v) is 12.1. The van der Waals surface area contributed by atoms with Crippen molar-refractivity contribution < 1.29 is 4.74 Å². The summed E-state index contributed by atoms with van der Waals surface area (Å²) < 4.78 is 5.51. The van der Waals surface area contributed by atoms with E-state index in [1.807, 2.05) is 13.1 Å². The van der Waals surface area contributed by atoms with Crippen molar-refractivity contribution >= 4 is 0 Å². The molecule has 18 heavy (non-hydrogen) atoms. The largest absolute Gasteiger partial charge is 0.492 e. The van der Waals surface area contributed by atoms with Gasteiger partial charge in [-0.15, -0.1) is 0 Å². The zero-order chi connectivity index (χ0) is 13.4. The van der Waals surface area contributed by atoms with E-state index in [1.54, 1.807) is 6.20 Å². The van der Waals surface area contributed by atoms with Gasteiger partial charge in [-0.25, -0.2) is 0 Å². The van der Waals surface area contributed by atoms with Gasteiger partial charge in [-0.05, 0) is 43.9 Å². The summed E-state index contributed by atoms with van der Waals surface area (Å²) in [6, 6.07) is 2.48. The summed E-state index contributed by atoms with van der Waals surface area (Å²) in [5.74, 6) is 1.59. The molecule has 0 radical (unpaired) electrons. The summed E-state index contributed by atoms with van der Waals surface area (Å²) in [5, 5.41) is 3.53. The molecule has 0 aromatic carbocycles. The maximum Gasteiger partial charge on any atom is 0.137 e. The monoisotopic (exact) mass is 250 g/mol. The molecule has 0 amide bonds. The summed E-state index contributed by atoms with van der Waals surface area (Å²) >= 11 is 0. The molecule has 3 nitrogen and oxygen atoms in total. The lowest BCUT2D eigenvalue weighted by Crippen LogP contribution is -2.21. The summed E-state index contributed by atoms with van der Waals surface area (Å²) in [4.78, 5) is 4.27. The molecule has 0 aliphatic rings. The first kappa shape index (κ1) is 15.0. The topological polar surface area (TPSA) is 34.2 Å². The average Bonchev–Trinajstić information content (AvgIpc) is 2.35. The number of ether oxygens (including phenoxy) is 1. The molecule has 0 bridgehead atoms. The molecule has 0 saturated heterocycles. The standard InChI is InChI=1S/C15H26N2O/c1-5-17-15(8-7-12(3)4)13-9-14(18-6-2)11-16-10-13/h9-12,15,17H,5-8H2,1-4H3. The van der Waals surface area contributed by atoms with Crippen LogP contribution in [0.2, 0.25) is 0 Å². The molecule has 1 aromatic heterocycles. The Kier molecular flexibility index (Phi) is 6.73. The fourth-order valence-electron chi connectivity index (χ4n) is 2.00. The third kappa shape index (κ3) is 5.05. The van der Waals surface area contributed by atoms with E-state index in [9.17, 15) is 0 Å². The van der Waals surface area contributed by atoms with Crippen molar-refractivity contribution in [2.75, 3.05) is 13.2 Å². The number of pyridine rings is 1. The Labute approximate surface area is 111 Å². The van der Waals surface area contributed by atoms with Crippen molar-refractivity contribution in [2.24, 2.45) is 5.92 Å². The van der Waals surface area contributed by atoms with Crippen molar-refractivity contribution in [1.29, 1.82) is 0 Å². The van der Waals surface area contributed by atoms with Gasteiger partial charge < -0.3 is 10.1 Å². The van der Waals surface area contributed by atoms with Crippen molar-refractivity contribution in [3.63, 3.8) is 0 Å². The van der Waals surface area contributed by atoms with Crippen LogP contribution in [0.15, 0.2) is 18.5 Å². The molecule has 1 N–H and O–H groups in total. The smallest absolute Gasteiger partial charge is 0.137 e. The van der Waals surface area contributed by atoms with E-state index >= 15 is 0 Å². The van der Waals surface area contributed by atoms with Crippen molar-refractivity contribution in [2.45, 2.75) is 46.6 Å². The van der Waals surface area contributed by atoms with E-state index in [0.717, 1.165) is 24.6 Å². The molecule has 102 valence electrons. The molecule has 1 heterocycles. The molecule has 0 aliphatic carbocycles. The van der Waals surface area contributed by atoms with Crippen LogP contribution in [-0.4, -0.2) is 18.1 Å². The third-order valence-electron chi connectivity index (χ3n) is 2.93. The van der Waals surface area contributed by atoms with Crippen LogP contribution in [0.4, 0.5) is 0 Å². The second kappa shape index (κ2) is 8.09. The van der Waals surface area contributed by atoms with Gasteiger partial charge in [0.2, 0.25) is 0 Å². The first-order valence-corrected chi connectivity index (χ1v) is 6.98. The molecular weight excluding hydrogens is 224 g/mol. The van der Waals surface area contributed by atoms with Gasteiger partial charge in [0.1, 0.15) is 5.75 Å². The summed E-state index contributed by atoms with van der Waals surface area (Å²) in [6.07, 6.45) is 6.08. The van der Waals surface area contributed by atoms with Gasteiger partial charge >= 0.3 is 0 Å². The quantitative estimate of drug-likeness (QED) is 0.766. The van der Waals surface area contributed by atoms with Crippen molar-refractivity contribution in [3.05, 3.63) is 24.0 Å². The Bertz CT molecular complexity index is 339. The molecule has 0 aliphatic heterocycles. The Morgan fingerprint density at radius 3 is 2.61 bits per heavy atom. The maximum absolute atomic E-state index is 5.51. The van der Waals surface area contributed by atoms with Crippen LogP contribution in [0.25, 0.3) is 0 Å². The van der Waals surface area contributed by atoms with Gasteiger partial charge in [0, 0.05) is 12.2 Å². The molecule has 3 heteroatoms. The Hall–Kier alpha value is -1.09. The van der Waals surface area contributed by atoms with Crippen LogP contribution in [0.5, 0.6) is 5.75 Å². The lowest BCUT2D eigenvalue weighted by Gasteiger charge is -2.19. The second-order valence-electron chi connectivity index (χ2n) is 4.97. The molecular formula is C15H26N2O. The van der Waals surface area contributed by atoms with Gasteiger partial charge in [-0.1, -0.05) is 20.8 Å². The Morgan fingerprint density at radius 1 is 1.22 bits per heavy atom. The van der Waals surface area contributed by atoms with E-state index in [4.69, 9.17) is 4.74 Å². The molecule has 1 unspecified atom stereocenters. The maximum atomic E-state index is 5.51. The normalized spacial score (nSPS) is 12.7. The number of rotatable bonds is 8. The lowest BCUT2D eigenvalue weighted by atomic mass is 9.98. The minimum atomic E-state index is 0.380. The van der Waals surface area contributed by atoms with E-state index in [1.165, 1.54) is 12.0 Å². The Balaban J connectivity index is 2.73. The third-order valence-corrected chi connectivity index (χ3v) is 2.93. The van der Waals surface area contributed by atoms with Crippen molar-refractivity contribution in [3.8, 4) is 5.75 Å². The number of hydrogen-bond donors (Lipinski definition) is 1. The molecule has 1 aromatic rings. The van der Waals surface area contributed by atoms with Gasteiger partial charge in [0.25, 0.3) is 0 Å². The zero-order valence-electron chi connectivity index (χ0n) is 12.1. The lowest BCUT2D eigenvalue weighted by molar-refractivity contribution is 0.337. The number of nitrogens with zero attached hydrogens (tertiary/aromatic N) is 1. The first-order chi connectivity index (χ1) is 8.67. The van der Waals surface area contributed by atoms with Crippen LogP contribution >= 0.6 is 0 Å². The van der Waals surface area contributed by atoms with E-state index in [2.05, 4.69) is 37.1 Å². The van der Waals surface area contributed by atoms with E-state index < -0.39 is 0 Å². The molecule has 0 fully saturated rings. The minimum absolute atomic E-state index is 0.380. The van der Waals surface area contributed by atoms with Crippen LogP contribution in [-0.2, 0) is 0 Å². The highest BCUT2D eigenvalue weighted by molar-refractivity contribution is 5.26. The number of aromatic nitrogens is 1. The van der Waals surface area contributed by atoms with Crippen LogP contribution in [0, 0.1) is 5.92 Å². The van der Waals surface area contributed by atoms with Gasteiger partial charge in [-0.2, -0.15) is 0 Å². The summed E-state index contributed by atoms with van der Waals surface area (Å²) in [5.41, 5.74) is 1.23. The minimum Gasteiger partial charge on any atom is -0.492 e. The van der Waals surface area contributed by atoms with Crippen molar-refractivity contribution in [1.82, 2.24) is 10.3 Å². The predicted octanol–water partition coefficient (Wildman–Crippen LogP) is 3.57. The SMILES string of the molecule is CCNC(CCC(C)C)c1cncc(OCC)c1. The van der Waals surface area contributed by atoms with Gasteiger partial charge in [0.05, 0.1) is 12.8 Å². The van der Waals surface area contributed by atoms with Crippen LogP contribution in [0.3, 0.4) is 0 Å². The number of nitrogens with one attached hydrogen (secondary N) is 1. The van der Waals surface area contributed by atoms with Gasteiger partial charge in [0.15, 0.2) is 0 Å². The molecule has 0 saturated carbocycles. The highest BCUT2D eigenvalue weighted by Gasteiger charge is 2.12. The highest BCUT2D eigenvalue weighted by Crippen LogP contribution is 2.23.